The molecule has 1 unspecified atom stereocenters. The lowest BCUT2D eigenvalue weighted by Gasteiger charge is -2.12. The van der Waals surface area contributed by atoms with Gasteiger partial charge < -0.3 is 5.32 Å². The van der Waals surface area contributed by atoms with Crippen LogP contribution in [0.2, 0.25) is 5.02 Å². The summed E-state index contributed by atoms with van der Waals surface area (Å²) in [6.07, 6.45) is 0.634. The summed E-state index contributed by atoms with van der Waals surface area (Å²) in [5, 5.41) is 2.59. The number of hydrogen-bond acceptors (Lipinski definition) is 1. The van der Waals surface area contributed by atoms with Crippen LogP contribution < -0.4 is 5.32 Å². The van der Waals surface area contributed by atoms with Gasteiger partial charge in [-0.2, -0.15) is 0 Å². The zero-order valence-corrected chi connectivity index (χ0v) is 10.3. The molecule has 88 valence electrons. The highest BCUT2D eigenvalue weighted by atomic mass is 35.5. The van der Waals surface area contributed by atoms with Gasteiger partial charge in [0.1, 0.15) is 0 Å². The van der Waals surface area contributed by atoms with Gasteiger partial charge in [-0.15, -0.1) is 11.6 Å². The number of carbonyl (C=O) groups is 1. The molecule has 2 nitrogen and oxygen atoms in total. The predicted octanol–water partition coefficient (Wildman–Crippen LogP) is 3.23. The zero-order valence-electron chi connectivity index (χ0n) is 8.77. The Morgan fingerprint density at radius 1 is 1.56 bits per heavy atom. The molecule has 0 bridgehead atoms. The van der Waals surface area contributed by atoms with Crippen LogP contribution in [-0.4, -0.2) is 17.8 Å². The van der Waals surface area contributed by atoms with Gasteiger partial charge >= 0.3 is 0 Å². The first-order valence-corrected chi connectivity index (χ1v) is 5.78. The molecule has 1 N–H and O–H groups in total. The fourth-order valence-corrected chi connectivity index (χ4v) is 1.72. The van der Waals surface area contributed by atoms with Gasteiger partial charge in [-0.3, -0.25) is 4.79 Å². The maximum atomic E-state index is 13.5. The molecule has 16 heavy (non-hydrogen) atoms. The highest BCUT2D eigenvalue weighted by Crippen LogP contribution is 2.17. The van der Waals surface area contributed by atoms with Gasteiger partial charge in [0.25, 0.3) is 5.91 Å². The van der Waals surface area contributed by atoms with Crippen LogP contribution in [0.1, 0.15) is 23.7 Å². The number of benzene rings is 1. The number of nitrogens with one attached hydrogen (secondary N) is 1. The van der Waals surface area contributed by atoms with Crippen LogP contribution in [-0.2, 0) is 0 Å². The average molecular weight is 264 g/mol. The van der Waals surface area contributed by atoms with Crippen molar-refractivity contribution in [1.82, 2.24) is 5.32 Å². The maximum absolute atomic E-state index is 13.5. The predicted molar refractivity (Wildman–Crippen MR) is 63.7 cm³/mol. The summed E-state index contributed by atoms with van der Waals surface area (Å²) in [5.74, 6) is -0.725. The van der Waals surface area contributed by atoms with Crippen molar-refractivity contribution in [3.63, 3.8) is 0 Å². The lowest BCUT2D eigenvalue weighted by Crippen LogP contribution is -2.33. The van der Waals surface area contributed by atoms with E-state index in [4.69, 9.17) is 23.2 Å². The Hall–Kier alpha value is -0.800. The van der Waals surface area contributed by atoms with E-state index in [0.717, 1.165) is 0 Å². The minimum absolute atomic E-state index is 0.0473. The van der Waals surface area contributed by atoms with Crippen LogP contribution in [0.4, 0.5) is 4.39 Å². The third-order valence-corrected chi connectivity index (χ3v) is 2.63. The molecule has 1 rings (SSSR count). The molecule has 0 aliphatic rings. The maximum Gasteiger partial charge on any atom is 0.254 e. The van der Waals surface area contributed by atoms with E-state index in [1.165, 1.54) is 18.2 Å². The van der Waals surface area contributed by atoms with Crippen LogP contribution in [0.3, 0.4) is 0 Å². The molecule has 0 aliphatic carbocycles. The Kier molecular flexibility index (Phi) is 5.03. The number of hydrogen-bond donors (Lipinski definition) is 1. The first-order chi connectivity index (χ1) is 7.56. The Morgan fingerprint density at radius 3 is 2.88 bits per heavy atom. The quantitative estimate of drug-likeness (QED) is 0.831. The summed E-state index contributed by atoms with van der Waals surface area (Å²) >= 11 is 11.1. The second-order valence-electron chi connectivity index (χ2n) is 3.45. The minimum Gasteiger partial charge on any atom is -0.349 e. The number of carbonyl (C=O) groups excluding carboxylic acids is 1. The fourth-order valence-electron chi connectivity index (χ4n) is 1.22. The molecule has 1 atom stereocenters. The van der Waals surface area contributed by atoms with Gasteiger partial charge in [0.05, 0.1) is 10.6 Å². The van der Waals surface area contributed by atoms with Crippen molar-refractivity contribution in [2.24, 2.45) is 0 Å². The second-order valence-corrected chi connectivity index (χ2v) is 4.24. The zero-order chi connectivity index (χ0) is 12.1. The summed E-state index contributed by atoms with van der Waals surface area (Å²) in [6.45, 7) is 1.81. The highest BCUT2D eigenvalue weighted by Gasteiger charge is 2.15. The van der Waals surface area contributed by atoms with Crippen molar-refractivity contribution in [3.05, 3.63) is 34.6 Å². The highest BCUT2D eigenvalue weighted by molar-refractivity contribution is 6.31. The molecular weight excluding hydrogens is 252 g/mol. The minimum atomic E-state index is -0.695. The normalized spacial score (nSPS) is 12.2. The number of alkyl halides is 1. The van der Waals surface area contributed by atoms with Gasteiger partial charge in [-0.25, -0.2) is 4.39 Å². The molecule has 1 aromatic carbocycles. The SMILES string of the molecule is CC(CCCl)NC(=O)c1cccc(Cl)c1F. The van der Waals surface area contributed by atoms with E-state index < -0.39 is 11.7 Å². The van der Waals surface area contributed by atoms with E-state index in [1.54, 1.807) is 0 Å². The van der Waals surface area contributed by atoms with Crippen molar-refractivity contribution in [1.29, 1.82) is 0 Å². The first-order valence-electron chi connectivity index (χ1n) is 4.87. The molecule has 5 heteroatoms. The van der Waals surface area contributed by atoms with Gasteiger partial charge in [-0.1, -0.05) is 17.7 Å². The standard InChI is InChI=1S/C11H12Cl2FNO/c1-7(5-6-12)15-11(16)8-3-2-4-9(13)10(8)14/h2-4,7H,5-6H2,1H3,(H,15,16). The van der Waals surface area contributed by atoms with Gasteiger partial charge in [0, 0.05) is 11.9 Å². The third kappa shape index (κ3) is 3.35. The summed E-state index contributed by atoms with van der Waals surface area (Å²) in [6, 6.07) is 4.23. The van der Waals surface area contributed by atoms with Crippen molar-refractivity contribution in [2.75, 3.05) is 5.88 Å². The molecule has 0 spiro atoms. The topological polar surface area (TPSA) is 29.1 Å². The monoisotopic (exact) mass is 263 g/mol. The van der Waals surface area contributed by atoms with Crippen LogP contribution in [0.5, 0.6) is 0 Å². The molecule has 0 aromatic heterocycles. The van der Waals surface area contributed by atoms with Gasteiger partial charge in [0.2, 0.25) is 0 Å². The molecule has 0 saturated carbocycles. The Bertz CT molecular complexity index is 384. The van der Waals surface area contributed by atoms with Gasteiger partial charge in [0.15, 0.2) is 5.82 Å². The second kappa shape index (κ2) is 6.06. The van der Waals surface area contributed by atoms with Crippen LogP contribution in [0, 0.1) is 5.82 Å². The van der Waals surface area contributed by atoms with Crippen LogP contribution in [0.25, 0.3) is 0 Å². The van der Waals surface area contributed by atoms with Crippen LogP contribution >= 0.6 is 23.2 Å². The van der Waals surface area contributed by atoms with E-state index in [2.05, 4.69) is 5.32 Å². The van der Waals surface area contributed by atoms with Crippen molar-refractivity contribution >= 4 is 29.1 Å². The Labute approximate surface area is 104 Å². The smallest absolute Gasteiger partial charge is 0.254 e. The molecular formula is C11H12Cl2FNO. The average Bonchev–Trinajstić information content (AvgIpc) is 2.22. The molecule has 0 heterocycles. The summed E-state index contributed by atoms with van der Waals surface area (Å²) in [7, 11) is 0. The van der Waals surface area contributed by atoms with Crippen molar-refractivity contribution in [2.45, 2.75) is 19.4 Å². The molecule has 1 aromatic rings. The van der Waals surface area contributed by atoms with E-state index in [1.807, 2.05) is 6.92 Å². The first kappa shape index (κ1) is 13.3. The van der Waals surface area contributed by atoms with E-state index in [-0.39, 0.29) is 16.6 Å². The molecule has 0 fully saturated rings. The summed E-state index contributed by atoms with van der Waals surface area (Å²) in [5.41, 5.74) is -0.0473. The molecule has 0 saturated heterocycles. The lowest BCUT2D eigenvalue weighted by atomic mass is 10.1. The molecule has 0 aliphatic heterocycles. The Morgan fingerprint density at radius 2 is 2.25 bits per heavy atom. The lowest BCUT2D eigenvalue weighted by molar-refractivity contribution is 0.0935. The summed E-state index contributed by atoms with van der Waals surface area (Å²) < 4.78 is 13.5. The third-order valence-electron chi connectivity index (χ3n) is 2.12. The van der Waals surface area contributed by atoms with Gasteiger partial charge in [-0.05, 0) is 25.5 Å². The molecule has 0 radical (unpaired) electrons. The van der Waals surface area contributed by atoms with Crippen molar-refractivity contribution in [3.8, 4) is 0 Å². The summed E-state index contributed by atoms with van der Waals surface area (Å²) in [4.78, 5) is 11.7. The fraction of sp³-hybridized carbons (Fsp3) is 0.364. The number of halogens is 3. The number of rotatable bonds is 4. The van der Waals surface area contributed by atoms with E-state index >= 15 is 0 Å². The van der Waals surface area contributed by atoms with E-state index in [9.17, 15) is 9.18 Å². The van der Waals surface area contributed by atoms with E-state index in [0.29, 0.717) is 12.3 Å². The Balaban J connectivity index is 2.77. The largest absolute Gasteiger partial charge is 0.349 e. The van der Waals surface area contributed by atoms with Crippen LogP contribution in [0.15, 0.2) is 18.2 Å². The van der Waals surface area contributed by atoms with Crippen molar-refractivity contribution < 1.29 is 9.18 Å². The molecule has 1 amide bonds. The number of amides is 1.